The number of hydrogen-bond acceptors (Lipinski definition) is 3. The Bertz CT molecular complexity index is 171. The molecule has 0 unspecified atom stereocenters. The number of carbonyl (C=O) groups is 2. The van der Waals surface area contributed by atoms with Gasteiger partial charge in [-0.1, -0.05) is 0 Å². The summed E-state index contributed by atoms with van der Waals surface area (Å²) in [5.74, 6) is 0.281. The minimum Gasteiger partial charge on any atom is -0.300 e. The Kier molecular flexibility index (Phi) is 3.02. The summed E-state index contributed by atoms with van der Waals surface area (Å²) in [6.07, 6.45) is 1.12. The summed E-state index contributed by atoms with van der Waals surface area (Å²) < 4.78 is 0. The SMILES string of the molecule is O=C(Cl)CN1CCC(=O)CC1. The van der Waals surface area contributed by atoms with Crippen molar-refractivity contribution < 1.29 is 9.59 Å². The Morgan fingerprint density at radius 3 is 2.45 bits per heavy atom. The van der Waals surface area contributed by atoms with E-state index in [0.717, 1.165) is 0 Å². The van der Waals surface area contributed by atoms with Crippen LogP contribution in [0.2, 0.25) is 0 Å². The number of likely N-dealkylation sites (tertiary alicyclic amines) is 1. The van der Waals surface area contributed by atoms with Gasteiger partial charge in [0.15, 0.2) is 0 Å². The number of ketones is 1. The van der Waals surface area contributed by atoms with E-state index in [2.05, 4.69) is 0 Å². The lowest BCUT2D eigenvalue weighted by molar-refractivity contribution is -0.123. The van der Waals surface area contributed by atoms with Crippen LogP contribution in [0.1, 0.15) is 12.8 Å². The summed E-state index contributed by atoms with van der Waals surface area (Å²) in [6, 6.07) is 0. The van der Waals surface area contributed by atoms with E-state index >= 15 is 0 Å². The lowest BCUT2D eigenvalue weighted by atomic mass is 10.1. The largest absolute Gasteiger partial charge is 0.300 e. The lowest BCUT2D eigenvalue weighted by Gasteiger charge is -2.23. The molecule has 11 heavy (non-hydrogen) atoms. The molecule has 0 aromatic heterocycles. The van der Waals surface area contributed by atoms with Gasteiger partial charge < -0.3 is 0 Å². The predicted octanol–water partition coefficient (Wildman–Crippen LogP) is 0.417. The third-order valence-corrected chi connectivity index (χ3v) is 1.88. The Morgan fingerprint density at radius 2 is 2.00 bits per heavy atom. The molecule has 0 atom stereocenters. The van der Waals surface area contributed by atoms with Crippen LogP contribution in [0.15, 0.2) is 0 Å². The van der Waals surface area contributed by atoms with Crippen molar-refractivity contribution in [2.75, 3.05) is 19.6 Å². The minimum atomic E-state index is -0.348. The fraction of sp³-hybridized carbons (Fsp3) is 0.714. The molecule has 3 nitrogen and oxygen atoms in total. The highest BCUT2D eigenvalue weighted by molar-refractivity contribution is 6.64. The number of piperidine rings is 1. The molecule has 62 valence electrons. The first-order chi connectivity index (χ1) is 5.18. The summed E-state index contributed by atoms with van der Waals surface area (Å²) in [6.45, 7) is 1.63. The molecule has 1 fully saturated rings. The van der Waals surface area contributed by atoms with E-state index < -0.39 is 0 Å². The van der Waals surface area contributed by atoms with Crippen LogP contribution in [0, 0.1) is 0 Å². The summed E-state index contributed by atoms with van der Waals surface area (Å²) >= 11 is 5.18. The molecule has 0 spiro atoms. The second kappa shape index (κ2) is 3.83. The van der Waals surface area contributed by atoms with E-state index in [-0.39, 0.29) is 17.6 Å². The Balaban J connectivity index is 2.28. The standard InChI is InChI=1S/C7H10ClNO2/c8-7(11)5-9-3-1-6(10)2-4-9/h1-5H2. The number of halogens is 1. The Hall–Kier alpha value is -0.410. The second-order valence-corrected chi connectivity index (χ2v) is 3.09. The molecule has 1 heterocycles. The summed E-state index contributed by atoms with van der Waals surface area (Å²) in [5, 5.41) is -0.348. The molecule has 1 aliphatic heterocycles. The van der Waals surface area contributed by atoms with Crippen LogP contribution < -0.4 is 0 Å². The Morgan fingerprint density at radius 1 is 1.45 bits per heavy atom. The maximum Gasteiger partial charge on any atom is 0.235 e. The molecule has 1 saturated heterocycles. The van der Waals surface area contributed by atoms with Crippen molar-refractivity contribution in [3.8, 4) is 0 Å². The lowest BCUT2D eigenvalue weighted by Crippen LogP contribution is -2.36. The summed E-state index contributed by atoms with van der Waals surface area (Å²) in [5.41, 5.74) is 0. The fourth-order valence-electron chi connectivity index (χ4n) is 1.14. The first-order valence-electron chi connectivity index (χ1n) is 3.61. The molecule has 0 saturated carbocycles. The van der Waals surface area contributed by atoms with E-state index in [4.69, 9.17) is 11.6 Å². The van der Waals surface area contributed by atoms with Crippen LogP contribution in [-0.2, 0) is 9.59 Å². The van der Waals surface area contributed by atoms with Crippen LogP contribution in [0.3, 0.4) is 0 Å². The first-order valence-corrected chi connectivity index (χ1v) is 3.98. The zero-order valence-corrected chi connectivity index (χ0v) is 6.93. The monoisotopic (exact) mass is 175 g/mol. The third-order valence-electron chi connectivity index (χ3n) is 1.76. The number of carbonyl (C=O) groups excluding carboxylic acids is 2. The van der Waals surface area contributed by atoms with Crippen LogP contribution in [0.4, 0.5) is 0 Å². The number of hydrogen-bond donors (Lipinski definition) is 0. The van der Waals surface area contributed by atoms with Gasteiger partial charge in [-0.2, -0.15) is 0 Å². The number of nitrogens with zero attached hydrogens (tertiary/aromatic N) is 1. The first kappa shape index (κ1) is 8.68. The van der Waals surface area contributed by atoms with Gasteiger partial charge in [0.25, 0.3) is 0 Å². The second-order valence-electron chi connectivity index (χ2n) is 2.67. The van der Waals surface area contributed by atoms with E-state index in [1.807, 2.05) is 4.90 Å². The summed E-state index contributed by atoms with van der Waals surface area (Å²) in [7, 11) is 0. The molecule has 1 rings (SSSR count). The van der Waals surface area contributed by atoms with E-state index in [0.29, 0.717) is 25.9 Å². The molecule has 4 heteroatoms. The van der Waals surface area contributed by atoms with Gasteiger partial charge in [-0.05, 0) is 11.6 Å². The van der Waals surface area contributed by atoms with E-state index in [1.54, 1.807) is 0 Å². The van der Waals surface area contributed by atoms with Crippen molar-refractivity contribution >= 4 is 22.6 Å². The molecule has 0 aliphatic carbocycles. The van der Waals surface area contributed by atoms with Crippen molar-refractivity contribution in [3.63, 3.8) is 0 Å². The van der Waals surface area contributed by atoms with E-state index in [1.165, 1.54) is 0 Å². The van der Waals surface area contributed by atoms with Gasteiger partial charge in [-0.15, -0.1) is 0 Å². The van der Waals surface area contributed by atoms with Crippen molar-refractivity contribution in [2.24, 2.45) is 0 Å². The Labute approximate surface area is 70.3 Å². The molecular weight excluding hydrogens is 166 g/mol. The highest BCUT2D eigenvalue weighted by atomic mass is 35.5. The summed E-state index contributed by atoms with van der Waals surface area (Å²) in [4.78, 5) is 23.1. The predicted molar refractivity (Wildman–Crippen MR) is 41.5 cm³/mol. The number of rotatable bonds is 2. The van der Waals surface area contributed by atoms with Gasteiger partial charge >= 0.3 is 0 Å². The highest BCUT2D eigenvalue weighted by Crippen LogP contribution is 2.05. The van der Waals surface area contributed by atoms with Crippen molar-refractivity contribution in [1.82, 2.24) is 4.90 Å². The topological polar surface area (TPSA) is 37.4 Å². The van der Waals surface area contributed by atoms with Gasteiger partial charge in [-0.3, -0.25) is 14.5 Å². The van der Waals surface area contributed by atoms with Gasteiger partial charge in [0, 0.05) is 25.9 Å². The van der Waals surface area contributed by atoms with Crippen molar-refractivity contribution in [3.05, 3.63) is 0 Å². The third kappa shape index (κ3) is 2.99. The maximum absolute atomic E-state index is 10.7. The van der Waals surface area contributed by atoms with Gasteiger partial charge in [0.05, 0.1) is 6.54 Å². The van der Waals surface area contributed by atoms with Crippen LogP contribution in [0.25, 0.3) is 0 Å². The molecule has 0 aromatic carbocycles. The molecule has 0 radical (unpaired) electrons. The van der Waals surface area contributed by atoms with Crippen LogP contribution in [0.5, 0.6) is 0 Å². The molecule has 1 aliphatic rings. The zero-order valence-electron chi connectivity index (χ0n) is 6.18. The molecule has 0 N–H and O–H groups in total. The van der Waals surface area contributed by atoms with Gasteiger partial charge in [-0.25, -0.2) is 0 Å². The minimum absolute atomic E-state index is 0.273. The van der Waals surface area contributed by atoms with Crippen molar-refractivity contribution in [2.45, 2.75) is 12.8 Å². The molecule has 0 aromatic rings. The smallest absolute Gasteiger partial charge is 0.235 e. The average Bonchev–Trinajstić information content (AvgIpc) is 1.93. The average molecular weight is 176 g/mol. The zero-order chi connectivity index (χ0) is 8.27. The molecular formula is C7H10ClNO2. The maximum atomic E-state index is 10.7. The van der Waals surface area contributed by atoms with Crippen molar-refractivity contribution in [1.29, 1.82) is 0 Å². The molecule has 0 bridgehead atoms. The van der Waals surface area contributed by atoms with Crippen LogP contribution >= 0.6 is 11.6 Å². The highest BCUT2D eigenvalue weighted by Gasteiger charge is 2.16. The van der Waals surface area contributed by atoms with Gasteiger partial charge in [0.1, 0.15) is 5.78 Å². The van der Waals surface area contributed by atoms with E-state index in [9.17, 15) is 9.59 Å². The van der Waals surface area contributed by atoms with Gasteiger partial charge in [0.2, 0.25) is 5.24 Å². The number of Topliss-reactive ketones (excluding diaryl/α,β-unsaturated/α-hetero) is 1. The quantitative estimate of drug-likeness (QED) is 0.571. The van der Waals surface area contributed by atoms with Crippen LogP contribution in [-0.4, -0.2) is 35.6 Å². The molecule has 0 amide bonds. The fourth-order valence-corrected chi connectivity index (χ4v) is 1.31. The normalized spacial score (nSPS) is 20.3.